The number of fused-ring (bicyclic) bond motifs is 1. The summed E-state index contributed by atoms with van der Waals surface area (Å²) in [5.41, 5.74) is 0.442. The van der Waals surface area contributed by atoms with Gasteiger partial charge in [-0.3, -0.25) is 19.3 Å². The third-order valence-electron chi connectivity index (χ3n) is 5.27. The van der Waals surface area contributed by atoms with Crippen molar-refractivity contribution in [3.05, 3.63) is 35.6 Å². The average Bonchev–Trinajstić information content (AvgIpc) is 2.86. The molecule has 1 aliphatic carbocycles. The highest BCUT2D eigenvalue weighted by Crippen LogP contribution is 2.37. The van der Waals surface area contributed by atoms with Gasteiger partial charge in [0.1, 0.15) is 5.82 Å². The first kappa shape index (κ1) is 17.6. The molecule has 0 radical (unpaired) electrons. The lowest BCUT2D eigenvalue weighted by Gasteiger charge is -2.20. The minimum absolute atomic E-state index is 0.0713. The number of carbonyl (C=O) groups excluding carboxylic acids is 3. The first-order valence-corrected chi connectivity index (χ1v) is 8.81. The summed E-state index contributed by atoms with van der Waals surface area (Å²) in [7, 11) is 1.60. The van der Waals surface area contributed by atoms with Crippen LogP contribution in [0.15, 0.2) is 24.3 Å². The Morgan fingerprint density at radius 3 is 2.36 bits per heavy atom. The van der Waals surface area contributed by atoms with Gasteiger partial charge in [0.05, 0.1) is 11.8 Å². The van der Waals surface area contributed by atoms with Crippen LogP contribution in [0.25, 0.3) is 0 Å². The van der Waals surface area contributed by atoms with Crippen molar-refractivity contribution in [2.45, 2.75) is 38.6 Å². The molecule has 2 aliphatic rings. The molecular formula is C19H23FN2O3. The fourth-order valence-corrected chi connectivity index (χ4v) is 3.82. The molecule has 0 aromatic heterocycles. The summed E-state index contributed by atoms with van der Waals surface area (Å²) in [6.45, 7) is 0.282. The zero-order chi connectivity index (χ0) is 18.0. The van der Waals surface area contributed by atoms with Gasteiger partial charge in [0.2, 0.25) is 17.7 Å². The summed E-state index contributed by atoms with van der Waals surface area (Å²) in [4.78, 5) is 39.8. The lowest BCUT2D eigenvalue weighted by atomic mass is 9.81. The van der Waals surface area contributed by atoms with Crippen LogP contribution in [0.4, 0.5) is 4.39 Å². The summed E-state index contributed by atoms with van der Waals surface area (Å²) in [6, 6.07) is 6.32. The van der Waals surface area contributed by atoms with Crippen LogP contribution in [0, 0.1) is 17.7 Å². The Morgan fingerprint density at radius 1 is 1.16 bits per heavy atom. The second kappa shape index (κ2) is 7.33. The summed E-state index contributed by atoms with van der Waals surface area (Å²) in [5, 5.41) is 0. The lowest BCUT2D eigenvalue weighted by Crippen LogP contribution is -2.36. The van der Waals surface area contributed by atoms with Crippen LogP contribution in [0.2, 0.25) is 0 Å². The van der Waals surface area contributed by atoms with Crippen LogP contribution in [-0.4, -0.2) is 41.1 Å². The highest BCUT2D eigenvalue weighted by atomic mass is 19.1. The minimum Gasteiger partial charge on any atom is -0.341 e. The molecule has 1 aromatic carbocycles. The average molecular weight is 346 g/mol. The topological polar surface area (TPSA) is 57.7 Å². The molecule has 1 aromatic rings. The van der Waals surface area contributed by atoms with Crippen molar-refractivity contribution in [3.8, 4) is 0 Å². The first-order chi connectivity index (χ1) is 12.0. The first-order valence-electron chi connectivity index (χ1n) is 8.81. The zero-order valence-electron chi connectivity index (χ0n) is 14.4. The Balaban J connectivity index is 1.56. The predicted molar refractivity (Wildman–Crippen MR) is 89.7 cm³/mol. The molecule has 1 saturated heterocycles. The van der Waals surface area contributed by atoms with Crippen molar-refractivity contribution < 1.29 is 18.8 Å². The number of nitrogens with zero attached hydrogens (tertiary/aromatic N) is 2. The standard InChI is InChI=1S/C19H23FN2O3/c1-21(12-13-6-2-5-9-16(13)20)17(23)10-11-22-18(24)14-7-3-4-8-15(14)19(22)25/h2,5-6,9,14-15H,3-4,7-8,10-12H2,1H3. The second-order valence-corrected chi connectivity index (χ2v) is 6.92. The Morgan fingerprint density at radius 2 is 1.76 bits per heavy atom. The molecule has 0 spiro atoms. The molecule has 1 aliphatic heterocycles. The van der Waals surface area contributed by atoms with E-state index in [1.54, 1.807) is 25.2 Å². The molecule has 1 heterocycles. The number of imide groups is 1. The van der Waals surface area contributed by atoms with Crippen molar-refractivity contribution in [2.75, 3.05) is 13.6 Å². The van der Waals surface area contributed by atoms with Crippen LogP contribution in [0.1, 0.15) is 37.7 Å². The number of carbonyl (C=O) groups is 3. The van der Waals surface area contributed by atoms with Crippen LogP contribution in [0.5, 0.6) is 0 Å². The van der Waals surface area contributed by atoms with Crippen molar-refractivity contribution in [3.63, 3.8) is 0 Å². The van der Waals surface area contributed by atoms with Crippen molar-refractivity contribution >= 4 is 17.7 Å². The van der Waals surface area contributed by atoms with Gasteiger partial charge in [0.15, 0.2) is 0 Å². The second-order valence-electron chi connectivity index (χ2n) is 6.92. The van der Waals surface area contributed by atoms with E-state index in [0.717, 1.165) is 25.7 Å². The summed E-state index contributed by atoms with van der Waals surface area (Å²) < 4.78 is 13.7. The maximum Gasteiger partial charge on any atom is 0.233 e. The third kappa shape index (κ3) is 3.57. The number of hydrogen-bond acceptors (Lipinski definition) is 3. The van der Waals surface area contributed by atoms with Gasteiger partial charge in [-0.05, 0) is 18.9 Å². The number of likely N-dealkylation sites (tertiary alicyclic amines) is 1. The zero-order valence-corrected chi connectivity index (χ0v) is 14.4. The van der Waals surface area contributed by atoms with E-state index in [4.69, 9.17) is 0 Å². The van der Waals surface area contributed by atoms with E-state index < -0.39 is 0 Å². The van der Waals surface area contributed by atoms with Gasteiger partial charge in [0.25, 0.3) is 0 Å². The Bertz CT molecular complexity index is 667. The van der Waals surface area contributed by atoms with E-state index >= 15 is 0 Å². The van der Waals surface area contributed by atoms with E-state index in [9.17, 15) is 18.8 Å². The largest absolute Gasteiger partial charge is 0.341 e. The molecule has 2 atom stereocenters. The van der Waals surface area contributed by atoms with Gasteiger partial charge in [0, 0.05) is 32.1 Å². The maximum absolute atomic E-state index is 13.7. The SMILES string of the molecule is CN(Cc1ccccc1F)C(=O)CCN1C(=O)C2CCCCC2C1=O. The van der Waals surface area contributed by atoms with Crippen LogP contribution in [0.3, 0.4) is 0 Å². The fourth-order valence-electron chi connectivity index (χ4n) is 3.82. The van der Waals surface area contributed by atoms with Crippen molar-refractivity contribution in [1.82, 2.24) is 9.80 Å². The quantitative estimate of drug-likeness (QED) is 0.769. The van der Waals surface area contributed by atoms with Gasteiger partial charge >= 0.3 is 0 Å². The monoisotopic (exact) mass is 346 g/mol. The van der Waals surface area contributed by atoms with Crippen LogP contribution < -0.4 is 0 Å². The molecule has 5 nitrogen and oxygen atoms in total. The molecule has 0 bridgehead atoms. The summed E-state index contributed by atoms with van der Waals surface area (Å²) in [6.07, 6.45) is 3.58. The van der Waals surface area contributed by atoms with Gasteiger partial charge in [-0.2, -0.15) is 0 Å². The molecule has 6 heteroatoms. The van der Waals surface area contributed by atoms with E-state index in [0.29, 0.717) is 5.56 Å². The molecule has 1 saturated carbocycles. The van der Waals surface area contributed by atoms with E-state index in [-0.39, 0.29) is 54.9 Å². The number of benzene rings is 1. The Hall–Kier alpha value is -2.24. The Labute approximate surface area is 146 Å². The fraction of sp³-hybridized carbons (Fsp3) is 0.526. The van der Waals surface area contributed by atoms with Crippen molar-refractivity contribution in [1.29, 1.82) is 0 Å². The molecule has 25 heavy (non-hydrogen) atoms. The van der Waals surface area contributed by atoms with E-state index in [1.807, 2.05) is 0 Å². The molecule has 2 unspecified atom stereocenters. The predicted octanol–water partition coefficient (Wildman–Crippen LogP) is 2.35. The molecule has 3 amide bonds. The number of halogens is 1. The normalized spacial score (nSPS) is 22.9. The molecule has 3 rings (SSSR count). The third-order valence-corrected chi connectivity index (χ3v) is 5.27. The highest BCUT2D eigenvalue weighted by molar-refractivity contribution is 6.05. The van der Waals surface area contributed by atoms with E-state index in [1.165, 1.54) is 15.9 Å². The highest BCUT2D eigenvalue weighted by Gasteiger charge is 2.47. The smallest absolute Gasteiger partial charge is 0.233 e. The van der Waals surface area contributed by atoms with Gasteiger partial charge in [-0.25, -0.2) is 4.39 Å². The Kier molecular flexibility index (Phi) is 5.16. The van der Waals surface area contributed by atoms with Crippen LogP contribution in [-0.2, 0) is 20.9 Å². The molecule has 134 valence electrons. The summed E-state index contributed by atoms with van der Waals surface area (Å²) in [5.74, 6) is -1.19. The van der Waals surface area contributed by atoms with Gasteiger partial charge in [-0.1, -0.05) is 31.0 Å². The number of hydrogen-bond donors (Lipinski definition) is 0. The van der Waals surface area contributed by atoms with Crippen molar-refractivity contribution in [2.24, 2.45) is 11.8 Å². The molecular weight excluding hydrogens is 323 g/mol. The molecule has 2 fully saturated rings. The summed E-state index contributed by atoms with van der Waals surface area (Å²) >= 11 is 0. The minimum atomic E-state index is -0.351. The van der Waals surface area contributed by atoms with Gasteiger partial charge < -0.3 is 4.90 Å². The number of rotatable bonds is 5. The lowest BCUT2D eigenvalue weighted by molar-refractivity contribution is -0.140. The molecule has 0 N–H and O–H groups in total. The van der Waals surface area contributed by atoms with Gasteiger partial charge in [-0.15, -0.1) is 0 Å². The maximum atomic E-state index is 13.7. The van der Waals surface area contributed by atoms with E-state index in [2.05, 4.69) is 0 Å². The van der Waals surface area contributed by atoms with Crippen LogP contribution >= 0.6 is 0 Å². The number of amides is 3.